The third-order valence-corrected chi connectivity index (χ3v) is 0.805. The van der Waals surface area contributed by atoms with Gasteiger partial charge in [-0.1, -0.05) is 0 Å². The van der Waals surface area contributed by atoms with Gasteiger partial charge in [0.15, 0.2) is 0 Å². The largest absolute Gasteiger partial charge is 0.383 e. The van der Waals surface area contributed by atoms with Crippen LogP contribution in [-0.4, -0.2) is 25.8 Å². The molecule has 3 N–H and O–H groups in total. The molecule has 0 rings (SSSR count). The number of hydrogen-bond donors (Lipinski definition) is 2. The number of methoxy groups -OCH3 is 1. The molecule has 0 heterocycles. The minimum absolute atomic E-state index is 0.00694. The Bertz CT molecular complexity index is 95.0. The second-order valence-corrected chi connectivity index (χ2v) is 1.86. The highest BCUT2D eigenvalue weighted by atomic mass is 16.5. The van der Waals surface area contributed by atoms with E-state index in [0.717, 1.165) is 0 Å². The lowest BCUT2D eigenvalue weighted by Gasteiger charge is -2.09. The Kier molecular flexibility index (Phi) is 3.79. The molecule has 1 atom stereocenters. The van der Waals surface area contributed by atoms with Gasteiger partial charge >= 0.3 is 6.03 Å². The van der Waals surface area contributed by atoms with Gasteiger partial charge in [0.05, 0.1) is 12.6 Å². The van der Waals surface area contributed by atoms with E-state index in [1.807, 2.05) is 6.92 Å². The van der Waals surface area contributed by atoms with Crippen molar-refractivity contribution < 1.29 is 9.53 Å². The van der Waals surface area contributed by atoms with Gasteiger partial charge in [0.2, 0.25) is 0 Å². The fourth-order valence-corrected chi connectivity index (χ4v) is 0.535. The highest BCUT2D eigenvalue weighted by molar-refractivity contribution is 5.71. The summed E-state index contributed by atoms with van der Waals surface area (Å²) in [5.74, 6) is 0. The van der Waals surface area contributed by atoms with Crippen LogP contribution < -0.4 is 11.1 Å². The normalized spacial score (nSPS) is 12.7. The Hall–Kier alpha value is -0.770. The number of hydrogen-bond acceptors (Lipinski definition) is 2. The number of nitrogens with two attached hydrogens (primary N) is 1. The summed E-state index contributed by atoms with van der Waals surface area (Å²) in [6.07, 6.45) is 0. The van der Waals surface area contributed by atoms with Gasteiger partial charge in [-0.2, -0.15) is 0 Å². The van der Waals surface area contributed by atoms with Crippen LogP contribution in [-0.2, 0) is 4.74 Å². The number of carbonyl (C=O) groups excluding carboxylic acids is 1. The predicted molar refractivity (Wildman–Crippen MR) is 34.1 cm³/mol. The average Bonchev–Trinajstić information content (AvgIpc) is 1.63. The maximum Gasteiger partial charge on any atom is 0.312 e. The summed E-state index contributed by atoms with van der Waals surface area (Å²) >= 11 is 0. The third kappa shape index (κ3) is 5.10. The summed E-state index contributed by atoms with van der Waals surface area (Å²) in [5, 5.41) is 2.46. The van der Waals surface area contributed by atoms with Crippen LogP contribution in [0.15, 0.2) is 0 Å². The zero-order valence-electron chi connectivity index (χ0n) is 5.68. The molecule has 0 radical (unpaired) electrons. The number of ether oxygens (including phenoxy) is 1. The van der Waals surface area contributed by atoms with E-state index >= 15 is 0 Å². The third-order valence-electron chi connectivity index (χ3n) is 0.805. The molecule has 0 aromatic rings. The van der Waals surface area contributed by atoms with Crippen LogP contribution in [0.1, 0.15) is 6.92 Å². The van der Waals surface area contributed by atoms with Crippen LogP contribution in [0.5, 0.6) is 0 Å². The average molecular weight is 132 g/mol. The minimum Gasteiger partial charge on any atom is -0.383 e. The van der Waals surface area contributed by atoms with E-state index in [9.17, 15) is 4.79 Å². The van der Waals surface area contributed by atoms with Crippen LogP contribution in [0.3, 0.4) is 0 Å². The monoisotopic (exact) mass is 132 g/mol. The lowest BCUT2D eigenvalue weighted by Crippen LogP contribution is -2.39. The van der Waals surface area contributed by atoms with Gasteiger partial charge in [0.1, 0.15) is 0 Å². The SMILES string of the molecule is COC[C@H](C)NC(N)=O. The van der Waals surface area contributed by atoms with Gasteiger partial charge in [-0.05, 0) is 6.92 Å². The first kappa shape index (κ1) is 8.23. The highest BCUT2D eigenvalue weighted by Crippen LogP contribution is 1.79. The van der Waals surface area contributed by atoms with E-state index < -0.39 is 6.03 Å². The summed E-state index contributed by atoms with van der Waals surface area (Å²) in [5.41, 5.74) is 4.82. The van der Waals surface area contributed by atoms with Gasteiger partial charge in [-0.3, -0.25) is 0 Å². The molecule has 0 aromatic carbocycles. The Morgan fingerprint density at radius 3 is 2.78 bits per heavy atom. The molecular formula is C5H12N2O2. The number of urea groups is 1. The van der Waals surface area contributed by atoms with Crippen LogP contribution in [0, 0.1) is 0 Å². The molecule has 4 heteroatoms. The first-order valence-electron chi connectivity index (χ1n) is 2.71. The molecule has 0 aliphatic heterocycles. The first-order valence-corrected chi connectivity index (χ1v) is 2.71. The second kappa shape index (κ2) is 4.14. The summed E-state index contributed by atoms with van der Waals surface area (Å²) in [6, 6.07) is -0.521. The minimum atomic E-state index is -0.514. The molecule has 54 valence electrons. The van der Waals surface area contributed by atoms with Gasteiger partial charge in [0.25, 0.3) is 0 Å². The van der Waals surface area contributed by atoms with Gasteiger partial charge < -0.3 is 15.8 Å². The van der Waals surface area contributed by atoms with Crippen LogP contribution in [0.25, 0.3) is 0 Å². The molecule has 2 amide bonds. The quantitative estimate of drug-likeness (QED) is 0.553. The number of nitrogens with one attached hydrogen (secondary N) is 1. The number of amides is 2. The molecule has 0 saturated heterocycles. The molecule has 0 saturated carbocycles. The fourth-order valence-electron chi connectivity index (χ4n) is 0.535. The van der Waals surface area contributed by atoms with Crippen molar-refractivity contribution >= 4 is 6.03 Å². The maximum absolute atomic E-state index is 10.1. The second-order valence-electron chi connectivity index (χ2n) is 1.86. The zero-order chi connectivity index (χ0) is 7.28. The van der Waals surface area contributed by atoms with Crippen molar-refractivity contribution in [2.45, 2.75) is 13.0 Å². The van der Waals surface area contributed by atoms with Gasteiger partial charge in [0, 0.05) is 7.11 Å². The van der Waals surface area contributed by atoms with E-state index in [-0.39, 0.29) is 6.04 Å². The van der Waals surface area contributed by atoms with Crippen molar-refractivity contribution in [2.75, 3.05) is 13.7 Å². The number of primary amides is 1. The van der Waals surface area contributed by atoms with Crippen molar-refractivity contribution in [2.24, 2.45) is 5.73 Å². The summed E-state index contributed by atoms with van der Waals surface area (Å²) < 4.78 is 4.73. The molecule has 0 aliphatic rings. The Labute approximate surface area is 54.4 Å². The molecule has 4 nitrogen and oxygen atoms in total. The van der Waals surface area contributed by atoms with E-state index in [4.69, 9.17) is 10.5 Å². The van der Waals surface area contributed by atoms with E-state index in [2.05, 4.69) is 5.32 Å². The topological polar surface area (TPSA) is 64.3 Å². The molecule has 0 bridgehead atoms. The van der Waals surface area contributed by atoms with Crippen molar-refractivity contribution in [3.8, 4) is 0 Å². The molecule has 0 spiro atoms. The van der Waals surface area contributed by atoms with Crippen molar-refractivity contribution in [1.82, 2.24) is 5.32 Å². The molecule has 0 aliphatic carbocycles. The molecular weight excluding hydrogens is 120 g/mol. The van der Waals surface area contributed by atoms with Crippen LogP contribution in [0.2, 0.25) is 0 Å². The molecule has 0 unspecified atom stereocenters. The van der Waals surface area contributed by atoms with Crippen molar-refractivity contribution in [3.05, 3.63) is 0 Å². The van der Waals surface area contributed by atoms with E-state index in [1.54, 1.807) is 7.11 Å². The van der Waals surface area contributed by atoms with Crippen LogP contribution in [0.4, 0.5) is 4.79 Å². The zero-order valence-corrected chi connectivity index (χ0v) is 5.68. The lowest BCUT2D eigenvalue weighted by atomic mass is 10.4. The summed E-state index contributed by atoms with van der Waals surface area (Å²) in [4.78, 5) is 10.1. The Morgan fingerprint density at radius 1 is 1.89 bits per heavy atom. The van der Waals surface area contributed by atoms with Gasteiger partial charge in [-0.25, -0.2) is 4.79 Å². The summed E-state index contributed by atoms with van der Waals surface area (Å²) in [7, 11) is 1.57. The Morgan fingerprint density at radius 2 is 2.44 bits per heavy atom. The predicted octanol–water partition coefficient (Wildman–Crippen LogP) is -0.310. The first-order chi connectivity index (χ1) is 4.16. The highest BCUT2D eigenvalue weighted by Gasteiger charge is 2.00. The fraction of sp³-hybridized carbons (Fsp3) is 0.800. The molecule has 0 fully saturated rings. The van der Waals surface area contributed by atoms with E-state index in [0.29, 0.717) is 6.61 Å². The smallest absolute Gasteiger partial charge is 0.312 e. The maximum atomic E-state index is 10.1. The Balaban J connectivity index is 3.26. The molecule has 9 heavy (non-hydrogen) atoms. The van der Waals surface area contributed by atoms with Gasteiger partial charge in [-0.15, -0.1) is 0 Å². The molecule has 0 aromatic heterocycles. The van der Waals surface area contributed by atoms with E-state index in [1.165, 1.54) is 0 Å². The van der Waals surface area contributed by atoms with Crippen molar-refractivity contribution in [1.29, 1.82) is 0 Å². The lowest BCUT2D eigenvalue weighted by molar-refractivity contribution is 0.172. The number of rotatable bonds is 3. The summed E-state index contributed by atoms with van der Waals surface area (Å²) in [6.45, 7) is 2.30. The van der Waals surface area contributed by atoms with Crippen molar-refractivity contribution in [3.63, 3.8) is 0 Å². The van der Waals surface area contributed by atoms with Crippen LogP contribution >= 0.6 is 0 Å². The number of carbonyl (C=O) groups is 1. The standard InChI is InChI=1S/C5H12N2O2/c1-4(3-9-2)7-5(6)8/h4H,3H2,1-2H3,(H3,6,7,8)/t4-/m0/s1.